The standard InChI is InChI=1S/C19H23N3O2/c1-4-22-17-8-6-5-7-16(17)21-19(22)13-20-12-14-11-15(23-2)9-10-18(14)24-3/h5-11,20H,4,12-13H2,1-3H3. The van der Waals surface area contributed by atoms with Crippen LogP contribution in [0.2, 0.25) is 0 Å². The molecule has 5 nitrogen and oxygen atoms in total. The number of ether oxygens (including phenoxy) is 2. The molecule has 0 saturated carbocycles. The number of fused-ring (bicyclic) bond motifs is 1. The normalized spacial score (nSPS) is 11.0. The zero-order valence-electron chi connectivity index (χ0n) is 14.4. The fourth-order valence-corrected chi connectivity index (χ4v) is 2.94. The predicted octanol–water partition coefficient (Wildman–Crippen LogP) is 3.36. The number of aryl methyl sites for hydroxylation is 1. The summed E-state index contributed by atoms with van der Waals surface area (Å²) in [5.74, 6) is 2.72. The number of hydrogen-bond donors (Lipinski definition) is 1. The van der Waals surface area contributed by atoms with Gasteiger partial charge in [0, 0.05) is 18.7 Å². The Balaban J connectivity index is 1.75. The van der Waals surface area contributed by atoms with Gasteiger partial charge >= 0.3 is 0 Å². The van der Waals surface area contributed by atoms with E-state index in [4.69, 9.17) is 14.5 Å². The molecule has 126 valence electrons. The zero-order valence-corrected chi connectivity index (χ0v) is 14.4. The number of nitrogens with one attached hydrogen (secondary N) is 1. The van der Waals surface area contributed by atoms with Crippen LogP contribution in [0.15, 0.2) is 42.5 Å². The number of methoxy groups -OCH3 is 2. The maximum Gasteiger partial charge on any atom is 0.123 e. The van der Waals surface area contributed by atoms with Crippen molar-refractivity contribution in [1.82, 2.24) is 14.9 Å². The molecule has 5 heteroatoms. The molecule has 0 aliphatic carbocycles. The molecule has 1 aromatic heterocycles. The van der Waals surface area contributed by atoms with Gasteiger partial charge in [-0.15, -0.1) is 0 Å². The van der Waals surface area contributed by atoms with Crippen LogP contribution in [-0.4, -0.2) is 23.8 Å². The van der Waals surface area contributed by atoms with Gasteiger partial charge in [-0.2, -0.15) is 0 Å². The summed E-state index contributed by atoms with van der Waals surface area (Å²) in [7, 11) is 3.35. The van der Waals surface area contributed by atoms with E-state index in [0.29, 0.717) is 13.1 Å². The van der Waals surface area contributed by atoms with E-state index in [2.05, 4.69) is 35.0 Å². The average molecular weight is 325 g/mol. The van der Waals surface area contributed by atoms with E-state index in [9.17, 15) is 0 Å². The molecule has 0 radical (unpaired) electrons. The van der Waals surface area contributed by atoms with Crippen molar-refractivity contribution in [2.75, 3.05) is 14.2 Å². The number of rotatable bonds is 7. The maximum atomic E-state index is 5.42. The lowest BCUT2D eigenvalue weighted by atomic mass is 10.2. The molecule has 0 amide bonds. The number of aromatic nitrogens is 2. The Kier molecular flexibility index (Phi) is 5.01. The molecule has 0 bridgehead atoms. The summed E-state index contributed by atoms with van der Waals surface area (Å²) in [6.45, 7) is 4.43. The number of para-hydroxylation sites is 2. The van der Waals surface area contributed by atoms with E-state index >= 15 is 0 Å². The largest absolute Gasteiger partial charge is 0.497 e. The second kappa shape index (κ2) is 7.36. The minimum absolute atomic E-state index is 0.688. The van der Waals surface area contributed by atoms with Gasteiger partial charge in [0.1, 0.15) is 17.3 Å². The molecule has 1 N–H and O–H groups in total. The first-order chi connectivity index (χ1) is 11.8. The molecule has 0 atom stereocenters. The van der Waals surface area contributed by atoms with Gasteiger partial charge < -0.3 is 19.4 Å². The molecular weight excluding hydrogens is 302 g/mol. The Bertz CT molecular complexity index is 827. The lowest BCUT2D eigenvalue weighted by molar-refractivity contribution is 0.397. The van der Waals surface area contributed by atoms with Crippen molar-refractivity contribution in [3.8, 4) is 11.5 Å². The Labute approximate surface area is 142 Å². The van der Waals surface area contributed by atoms with Crippen LogP contribution in [0.25, 0.3) is 11.0 Å². The summed E-state index contributed by atoms with van der Waals surface area (Å²) >= 11 is 0. The van der Waals surface area contributed by atoms with Crippen molar-refractivity contribution in [2.45, 2.75) is 26.6 Å². The highest BCUT2D eigenvalue weighted by Crippen LogP contribution is 2.24. The van der Waals surface area contributed by atoms with Crippen LogP contribution >= 0.6 is 0 Å². The van der Waals surface area contributed by atoms with Crippen molar-refractivity contribution < 1.29 is 9.47 Å². The lowest BCUT2D eigenvalue weighted by Gasteiger charge is -2.12. The molecule has 0 fully saturated rings. The summed E-state index contributed by atoms with van der Waals surface area (Å²) in [5.41, 5.74) is 3.28. The third-order valence-corrected chi connectivity index (χ3v) is 4.14. The van der Waals surface area contributed by atoms with Gasteiger partial charge in [-0.3, -0.25) is 0 Å². The molecule has 24 heavy (non-hydrogen) atoms. The molecule has 0 aliphatic rings. The topological polar surface area (TPSA) is 48.3 Å². The minimum atomic E-state index is 0.688. The summed E-state index contributed by atoms with van der Waals surface area (Å²) in [5, 5.41) is 3.46. The van der Waals surface area contributed by atoms with Crippen LogP contribution in [0.3, 0.4) is 0 Å². The Hall–Kier alpha value is -2.53. The first-order valence-electron chi connectivity index (χ1n) is 8.12. The summed E-state index contributed by atoms with van der Waals surface area (Å²) in [6.07, 6.45) is 0. The van der Waals surface area contributed by atoms with Crippen LogP contribution in [0, 0.1) is 0 Å². The Morgan fingerprint density at radius 2 is 1.88 bits per heavy atom. The quantitative estimate of drug-likeness (QED) is 0.723. The molecule has 3 rings (SSSR count). The number of imidazole rings is 1. The van der Waals surface area contributed by atoms with Gasteiger partial charge in [-0.05, 0) is 37.3 Å². The molecule has 1 heterocycles. The van der Waals surface area contributed by atoms with Crippen molar-refractivity contribution in [2.24, 2.45) is 0 Å². The van der Waals surface area contributed by atoms with Gasteiger partial charge in [-0.25, -0.2) is 4.98 Å². The van der Waals surface area contributed by atoms with Crippen LogP contribution in [0.5, 0.6) is 11.5 Å². The first-order valence-corrected chi connectivity index (χ1v) is 8.12. The van der Waals surface area contributed by atoms with E-state index < -0.39 is 0 Å². The van der Waals surface area contributed by atoms with E-state index in [1.807, 2.05) is 24.3 Å². The fraction of sp³-hybridized carbons (Fsp3) is 0.316. The molecule has 0 unspecified atom stereocenters. The molecule has 0 saturated heterocycles. The van der Waals surface area contributed by atoms with E-state index in [1.165, 1.54) is 5.52 Å². The molecule has 3 aromatic rings. The van der Waals surface area contributed by atoms with Crippen LogP contribution < -0.4 is 14.8 Å². The molecule has 2 aromatic carbocycles. The average Bonchev–Trinajstić information content (AvgIpc) is 2.98. The van der Waals surface area contributed by atoms with Crippen LogP contribution in [0.4, 0.5) is 0 Å². The number of hydrogen-bond acceptors (Lipinski definition) is 4. The number of benzene rings is 2. The molecule has 0 spiro atoms. The second-order valence-corrected chi connectivity index (χ2v) is 5.54. The van der Waals surface area contributed by atoms with Crippen LogP contribution in [0.1, 0.15) is 18.3 Å². The number of nitrogens with zero attached hydrogens (tertiary/aromatic N) is 2. The van der Waals surface area contributed by atoms with Gasteiger partial charge in [0.15, 0.2) is 0 Å². The van der Waals surface area contributed by atoms with Crippen molar-refractivity contribution >= 4 is 11.0 Å². The van der Waals surface area contributed by atoms with Gasteiger partial charge in [0.25, 0.3) is 0 Å². The van der Waals surface area contributed by atoms with E-state index in [-0.39, 0.29) is 0 Å². The first kappa shape index (κ1) is 16.3. The van der Waals surface area contributed by atoms with Crippen molar-refractivity contribution in [3.05, 3.63) is 53.9 Å². The van der Waals surface area contributed by atoms with E-state index in [1.54, 1.807) is 14.2 Å². The second-order valence-electron chi connectivity index (χ2n) is 5.54. The van der Waals surface area contributed by atoms with E-state index in [0.717, 1.165) is 34.9 Å². The van der Waals surface area contributed by atoms with Gasteiger partial charge in [0.2, 0.25) is 0 Å². The minimum Gasteiger partial charge on any atom is -0.497 e. The Morgan fingerprint density at radius 1 is 1.04 bits per heavy atom. The van der Waals surface area contributed by atoms with Crippen molar-refractivity contribution in [3.63, 3.8) is 0 Å². The monoisotopic (exact) mass is 325 g/mol. The Morgan fingerprint density at radius 3 is 2.62 bits per heavy atom. The highest BCUT2D eigenvalue weighted by Gasteiger charge is 2.10. The summed E-state index contributed by atoms with van der Waals surface area (Å²) in [6, 6.07) is 14.1. The van der Waals surface area contributed by atoms with Crippen LogP contribution in [-0.2, 0) is 19.6 Å². The fourth-order valence-electron chi connectivity index (χ4n) is 2.94. The lowest BCUT2D eigenvalue weighted by Crippen LogP contribution is -2.17. The summed E-state index contributed by atoms with van der Waals surface area (Å²) in [4.78, 5) is 4.74. The molecule has 0 aliphatic heterocycles. The van der Waals surface area contributed by atoms with Gasteiger partial charge in [0.05, 0.1) is 31.8 Å². The third kappa shape index (κ3) is 3.21. The highest BCUT2D eigenvalue weighted by molar-refractivity contribution is 5.75. The smallest absolute Gasteiger partial charge is 0.123 e. The highest BCUT2D eigenvalue weighted by atomic mass is 16.5. The van der Waals surface area contributed by atoms with Gasteiger partial charge in [-0.1, -0.05) is 12.1 Å². The van der Waals surface area contributed by atoms with Crippen molar-refractivity contribution in [1.29, 1.82) is 0 Å². The predicted molar refractivity (Wildman–Crippen MR) is 95.5 cm³/mol. The SMILES string of the molecule is CCn1c(CNCc2cc(OC)ccc2OC)nc2ccccc21. The zero-order chi connectivity index (χ0) is 16.9. The summed E-state index contributed by atoms with van der Waals surface area (Å²) < 4.78 is 13.0. The third-order valence-electron chi connectivity index (χ3n) is 4.14. The maximum absolute atomic E-state index is 5.42. The molecular formula is C19H23N3O2.